The number of ether oxygens (including phenoxy) is 1. The van der Waals surface area contributed by atoms with Crippen molar-refractivity contribution in [1.82, 2.24) is 4.57 Å². The molecular formula is C15H14BrNO3. The molecule has 0 aliphatic carbocycles. The van der Waals surface area contributed by atoms with Crippen molar-refractivity contribution in [3.05, 3.63) is 68.0 Å². The van der Waals surface area contributed by atoms with Gasteiger partial charge in [-0.2, -0.15) is 0 Å². The van der Waals surface area contributed by atoms with Gasteiger partial charge < -0.3 is 9.30 Å². The van der Waals surface area contributed by atoms with Gasteiger partial charge in [-0.1, -0.05) is 18.2 Å². The van der Waals surface area contributed by atoms with Crippen LogP contribution in [0.25, 0.3) is 0 Å². The molecule has 0 aliphatic heterocycles. The van der Waals surface area contributed by atoms with E-state index in [1.165, 1.54) is 7.11 Å². The molecule has 20 heavy (non-hydrogen) atoms. The predicted octanol–water partition coefficient (Wildman–Crippen LogP) is 2.75. The average molecular weight is 336 g/mol. The zero-order valence-electron chi connectivity index (χ0n) is 11.2. The van der Waals surface area contributed by atoms with Gasteiger partial charge in [0.05, 0.1) is 19.2 Å². The third kappa shape index (κ3) is 2.99. The van der Waals surface area contributed by atoms with Gasteiger partial charge in [0, 0.05) is 16.2 Å². The van der Waals surface area contributed by atoms with E-state index in [2.05, 4.69) is 15.9 Å². The molecular weight excluding hydrogens is 322 g/mol. The monoisotopic (exact) mass is 335 g/mol. The first-order valence-electron chi connectivity index (χ1n) is 6.05. The number of methoxy groups -OCH3 is 1. The van der Waals surface area contributed by atoms with Crippen molar-refractivity contribution < 1.29 is 9.53 Å². The van der Waals surface area contributed by atoms with Crippen molar-refractivity contribution in [2.24, 2.45) is 0 Å². The highest BCUT2D eigenvalue weighted by Crippen LogP contribution is 2.13. The minimum absolute atomic E-state index is 0.0760. The molecule has 104 valence electrons. The summed E-state index contributed by atoms with van der Waals surface area (Å²) in [6.07, 6.45) is 1.71. The van der Waals surface area contributed by atoms with Crippen molar-refractivity contribution in [1.29, 1.82) is 0 Å². The summed E-state index contributed by atoms with van der Waals surface area (Å²) in [6.45, 7) is 2.08. The fraction of sp³-hybridized carbons (Fsp3) is 0.200. The van der Waals surface area contributed by atoms with Crippen molar-refractivity contribution in [3.63, 3.8) is 0 Å². The Morgan fingerprint density at radius 2 is 2.05 bits per heavy atom. The summed E-state index contributed by atoms with van der Waals surface area (Å²) >= 11 is 3.37. The lowest BCUT2D eigenvalue weighted by Crippen LogP contribution is -2.23. The summed E-state index contributed by atoms with van der Waals surface area (Å²) in [5.74, 6) is -0.402. The highest BCUT2D eigenvalue weighted by atomic mass is 79.9. The number of hydrogen-bond donors (Lipinski definition) is 0. The lowest BCUT2D eigenvalue weighted by Gasteiger charge is -2.11. The van der Waals surface area contributed by atoms with Crippen LogP contribution < -0.4 is 5.56 Å². The van der Waals surface area contributed by atoms with E-state index in [4.69, 9.17) is 4.74 Å². The summed E-state index contributed by atoms with van der Waals surface area (Å²) < 4.78 is 7.15. The number of carbonyl (C=O) groups excluding carboxylic acids is 1. The summed E-state index contributed by atoms with van der Waals surface area (Å²) in [5.41, 5.74) is 1.79. The van der Waals surface area contributed by atoms with Gasteiger partial charge >= 0.3 is 5.97 Å². The maximum absolute atomic E-state index is 12.1. The lowest BCUT2D eigenvalue weighted by molar-refractivity contribution is 0.0599. The minimum atomic E-state index is -0.402. The van der Waals surface area contributed by atoms with Crippen molar-refractivity contribution in [2.45, 2.75) is 13.5 Å². The van der Waals surface area contributed by atoms with Gasteiger partial charge in [-0.15, -0.1) is 0 Å². The van der Waals surface area contributed by atoms with Crippen LogP contribution in [0.2, 0.25) is 0 Å². The first kappa shape index (κ1) is 14.5. The number of carbonyl (C=O) groups is 1. The number of rotatable bonds is 3. The molecule has 0 radical (unpaired) electrons. The van der Waals surface area contributed by atoms with Gasteiger partial charge in [-0.05, 0) is 40.5 Å². The third-order valence-corrected chi connectivity index (χ3v) is 3.43. The molecule has 5 heteroatoms. The zero-order valence-corrected chi connectivity index (χ0v) is 12.8. The maximum Gasteiger partial charge on any atom is 0.338 e. The van der Waals surface area contributed by atoms with Crippen LogP contribution in [0.5, 0.6) is 0 Å². The molecule has 1 heterocycles. The van der Waals surface area contributed by atoms with Crippen LogP contribution in [0.3, 0.4) is 0 Å². The van der Waals surface area contributed by atoms with Gasteiger partial charge in [-0.25, -0.2) is 4.79 Å². The number of pyridine rings is 1. The SMILES string of the molecule is COC(=O)c1ccccc1Cn1cc(Br)cc(C)c1=O. The number of esters is 1. The van der Waals surface area contributed by atoms with Gasteiger partial charge in [0.2, 0.25) is 0 Å². The number of benzene rings is 1. The minimum Gasteiger partial charge on any atom is -0.465 e. The first-order chi connectivity index (χ1) is 9.52. The molecule has 0 spiro atoms. The Labute approximate surface area is 125 Å². The molecule has 1 aromatic heterocycles. The van der Waals surface area contributed by atoms with E-state index in [1.807, 2.05) is 12.1 Å². The van der Waals surface area contributed by atoms with Gasteiger partial charge in [0.1, 0.15) is 0 Å². The first-order valence-corrected chi connectivity index (χ1v) is 6.85. The predicted molar refractivity (Wildman–Crippen MR) is 80.0 cm³/mol. The smallest absolute Gasteiger partial charge is 0.338 e. The molecule has 0 saturated carbocycles. The molecule has 4 nitrogen and oxygen atoms in total. The quantitative estimate of drug-likeness (QED) is 0.810. The van der Waals surface area contributed by atoms with Gasteiger partial charge in [0.25, 0.3) is 5.56 Å². The molecule has 0 atom stereocenters. The van der Waals surface area contributed by atoms with Gasteiger partial charge in [-0.3, -0.25) is 4.79 Å². The summed E-state index contributed by atoms with van der Waals surface area (Å²) in [7, 11) is 1.34. The number of aryl methyl sites for hydroxylation is 1. The van der Waals surface area contributed by atoms with Crippen LogP contribution in [-0.2, 0) is 11.3 Å². The Kier molecular flexibility index (Phi) is 4.39. The van der Waals surface area contributed by atoms with Crippen LogP contribution in [0.4, 0.5) is 0 Å². The second kappa shape index (κ2) is 6.05. The standard InChI is InChI=1S/C15H14BrNO3/c1-10-7-12(16)9-17(14(10)18)8-11-5-3-4-6-13(11)15(19)20-2/h3-7,9H,8H2,1-2H3. The molecule has 2 aromatic rings. The average Bonchev–Trinajstić information content (AvgIpc) is 2.44. The highest BCUT2D eigenvalue weighted by molar-refractivity contribution is 9.10. The molecule has 0 aliphatic rings. The van der Waals surface area contributed by atoms with Crippen LogP contribution in [0.15, 0.2) is 45.8 Å². The number of aromatic nitrogens is 1. The lowest BCUT2D eigenvalue weighted by atomic mass is 10.1. The van der Waals surface area contributed by atoms with Crippen molar-refractivity contribution in [3.8, 4) is 0 Å². The van der Waals surface area contributed by atoms with E-state index < -0.39 is 5.97 Å². The Morgan fingerprint density at radius 1 is 1.35 bits per heavy atom. The Bertz CT molecular complexity index is 707. The third-order valence-electron chi connectivity index (χ3n) is 3.00. The number of hydrogen-bond acceptors (Lipinski definition) is 3. The van der Waals surface area contributed by atoms with E-state index in [9.17, 15) is 9.59 Å². The number of nitrogens with zero attached hydrogens (tertiary/aromatic N) is 1. The van der Waals surface area contributed by atoms with Crippen LogP contribution in [-0.4, -0.2) is 17.6 Å². The molecule has 0 unspecified atom stereocenters. The van der Waals surface area contributed by atoms with Gasteiger partial charge in [0.15, 0.2) is 0 Å². The molecule has 0 saturated heterocycles. The second-order valence-corrected chi connectivity index (χ2v) is 5.34. The van der Waals surface area contributed by atoms with E-state index >= 15 is 0 Å². The van der Waals surface area contributed by atoms with E-state index in [0.29, 0.717) is 17.7 Å². The Balaban J connectivity index is 2.46. The zero-order chi connectivity index (χ0) is 14.7. The second-order valence-electron chi connectivity index (χ2n) is 4.42. The normalized spacial score (nSPS) is 10.3. The molecule has 0 fully saturated rings. The van der Waals surface area contributed by atoms with E-state index in [1.54, 1.807) is 35.9 Å². The Morgan fingerprint density at radius 3 is 2.75 bits per heavy atom. The fourth-order valence-electron chi connectivity index (χ4n) is 2.01. The molecule has 0 N–H and O–H groups in total. The number of halogens is 1. The van der Waals surface area contributed by atoms with E-state index in [-0.39, 0.29) is 5.56 Å². The summed E-state index contributed by atoms with van der Waals surface area (Å²) in [6, 6.07) is 8.87. The van der Waals surface area contributed by atoms with Crippen molar-refractivity contribution >= 4 is 21.9 Å². The molecule has 1 aromatic carbocycles. The largest absolute Gasteiger partial charge is 0.465 e. The topological polar surface area (TPSA) is 48.3 Å². The summed E-state index contributed by atoms with van der Waals surface area (Å²) in [4.78, 5) is 23.8. The van der Waals surface area contributed by atoms with Crippen molar-refractivity contribution in [2.75, 3.05) is 7.11 Å². The van der Waals surface area contributed by atoms with E-state index in [0.717, 1.165) is 10.0 Å². The Hall–Kier alpha value is -1.88. The maximum atomic E-state index is 12.1. The summed E-state index contributed by atoms with van der Waals surface area (Å²) in [5, 5.41) is 0. The van der Waals surface area contributed by atoms with Crippen LogP contribution in [0, 0.1) is 6.92 Å². The molecule has 0 amide bonds. The molecule has 2 rings (SSSR count). The molecule has 0 bridgehead atoms. The van der Waals surface area contributed by atoms with Crippen LogP contribution in [0.1, 0.15) is 21.5 Å². The highest BCUT2D eigenvalue weighted by Gasteiger charge is 2.12. The fourth-order valence-corrected chi connectivity index (χ4v) is 2.60. The van der Waals surface area contributed by atoms with Crippen LogP contribution >= 0.6 is 15.9 Å².